The molecule has 0 amide bonds. The number of benzene rings is 1. The third kappa shape index (κ3) is 2.20. The molecule has 2 aromatic rings. The fourth-order valence-electron chi connectivity index (χ4n) is 1.80. The maximum absolute atomic E-state index is 9.45. The quantitative estimate of drug-likeness (QED) is 0.820. The third-order valence-corrected chi connectivity index (χ3v) is 2.62. The number of phenols is 1. The van der Waals surface area contributed by atoms with Gasteiger partial charge in [-0.25, -0.2) is 0 Å². The van der Waals surface area contributed by atoms with Gasteiger partial charge < -0.3 is 10.8 Å². The topological polar surface area (TPSA) is 59.1 Å². The molecular formula is C13H14N2O. The van der Waals surface area contributed by atoms with E-state index in [2.05, 4.69) is 4.98 Å². The Balaban J connectivity index is 2.37. The summed E-state index contributed by atoms with van der Waals surface area (Å²) in [6, 6.07) is 11.1. The van der Waals surface area contributed by atoms with Crippen LogP contribution in [-0.2, 0) is 0 Å². The molecule has 1 aromatic heterocycles. The Morgan fingerprint density at radius 1 is 1.12 bits per heavy atom. The van der Waals surface area contributed by atoms with Gasteiger partial charge in [-0.05, 0) is 35.4 Å². The van der Waals surface area contributed by atoms with Crippen LogP contribution in [0.3, 0.4) is 0 Å². The zero-order valence-corrected chi connectivity index (χ0v) is 8.88. The summed E-state index contributed by atoms with van der Waals surface area (Å²) in [6.45, 7) is 0.507. The molecule has 0 bridgehead atoms. The van der Waals surface area contributed by atoms with Crippen LogP contribution in [0, 0.1) is 0 Å². The van der Waals surface area contributed by atoms with Crippen LogP contribution in [0.25, 0.3) is 0 Å². The summed E-state index contributed by atoms with van der Waals surface area (Å²) in [5.41, 5.74) is 7.92. The number of hydrogen-bond acceptors (Lipinski definition) is 3. The number of aromatic hydroxyl groups is 1. The highest BCUT2D eigenvalue weighted by molar-refractivity contribution is 5.36. The molecular weight excluding hydrogens is 200 g/mol. The van der Waals surface area contributed by atoms with Gasteiger partial charge in [-0.15, -0.1) is 0 Å². The van der Waals surface area contributed by atoms with Crippen molar-refractivity contribution in [2.75, 3.05) is 6.54 Å². The second-order valence-corrected chi connectivity index (χ2v) is 3.66. The fraction of sp³-hybridized carbons (Fsp3) is 0.154. The van der Waals surface area contributed by atoms with Gasteiger partial charge >= 0.3 is 0 Å². The minimum absolute atomic E-state index is 0.107. The average Bonchev–Trinajstić information content (AvgIpc) is 2.31. The van der Waals surface area contributed by atoms with Crippen molar-refractivity contribution in [3.05, 3.63) is 59.9 Å². The van der Waals surface area contributed by atoms with Crippen LogP contribution in [0.2, 0.25) is 0 Å². The molecule has 1 unspecified atom stereocenters. The molecule has 0 saturated heterocycles. The monoisotopic (exact) mass is 214 g/mol. The van der Waals surface area contributed by atoms with Crippen LogP contribution in [0.5, 0.6) is 5.75 Å². The van der Waals surface area contributed by atoms with Gasteiger partial charge in [0.05, 0.1) is 0 Å². The number of rotatable bonds is 3. The minimum Gasteiger partial charge on any atom is -0.508 e. The summed E-state index contributed by atoms with van der Waals surface area (Å²) >= 11 is 0. The number of nitrogens with two attached hydrogens (primary N) is 1. The normalized spacial score (nSPS) is 12.3. The Morgan fingerprint density at radius 3 is 2.50 bits per heavy atom. The minimum atomic E-state index is 0.107. The fourth-order valence-corrected chi connectivity index (χ4v) is 1.80. The number of nitrogens with zero attached hydrogens (tertiary/aromatic N) is 1. The van der Waals surface area contributed by atoms with Crippen molar-refractivity contribution in [3.63, 3.8) is 0 Å². The first kappa shape index (κ1) is 10.6. The van der Waals surface area contributed by atoms with Crippen LogP contribution in [0.1, 0.15) is 17.0 Å². The van der Waals surface area contributed by atoms with E-state index in [9.17, 15) is 5.11 Å². The molecule has 0 aliphatic heterocycles. The summed E-state index contributed by atoms with van der Waals surface area (Å²) in [5, 5.41) is 9.45. The highest BCUT2D eigenvalue weighted by atomic mass is 16.3. The molecule has 16 heavy (non-hydrogen) atoms. The van der Waals surface area contributed by atoms with E-state index in [1.165, 1.54) is 0 Å². The molecule has 0 spiro atoms. The summed E-state index contributed by atoms with van der Waals surface area (Å²) < 4.78 is 0. The van der Waals surface area contributed by atoms with Gasteiger partial charge in [0.15, 0.2) is 0 Å². The summed E-state index contributed by atoms with van der Waals surface area (Å²) in [7, 11) is 0. The number of hydrogen-bond donors (Lipinski definition) is 2. The molecule has 3 nitrogen and oxygen atoms in total. The van der Waals surface area contributed by atoms with E-state index in [0.29, 0.717) is 6.54 Å². The largest absolute Gasteiger partial charge is 0.508 e. The Bertz CT molecular complexity index is 456. The lowest BCUT2D eigenvalue weighted by molar-refractivity contribution is 0.474. The van der Waals surface area contributed by atoms with Crippen LogP contribution in [0.15, 0.2) is 48.8 Å². The highest BCUT2D eigenvalue weighted by Crippen LogP contribution is 2.25. The second kappa shape index (κ2) is 4.77. The standard InChI is InChI=1S/C13H14N2O/c14-9-13(10-4-6-15-7-5-10)11-2-1-3-12(16)8-11/h1-8,13,16H,9,14H2. The van der Waals surface area contributed by atoms with Gasteiger partial charge in [-0.2, -0.15) is 0 Å². The van der Waals surface area contributed by atoms with Crippen molar-refractivity contribution < 1.29 is 5.11 Å². The number of pyridine rings is 1. The first-order chi connectivity index (χ1) is 7.81. The molecule has 2 rings (SSSR count). The Labute approximate surface area is 94.6 Å². The lowest BCUT2D eigenvalue weighted by Gasteiger charge is -2.15. The zero-order valence-electron chi connectivity index (χ0n) is 8.88. The van der Waals surface area contributed by atoms with Crippen molar-refractivity contribution in [3.8, 4) is 5.75 Å². The Kier molecular flexibility index (Phi) is 3.17. The van der Waals surface area contributed by atoms with Gasteiger partial charge in [0.25, 0.3) is 0 Å². The maximum atomic E-state index is 9.45. The molecule has 0 radical (unpaired) electrons. The van der Waals surface area contributed by atoms with Crippen LogP contribution in [-0.4, -0.2) is 16.6 Å². The molecule has 0 aliphatic carbocycles. The molecule has 0 fully saturated rings. The first-order valence-electron chi connectivity index (χ1n) is 5.20. The SMILES string of the molecule is NCC(c1ccncc1)c1cccc(O)c1. The summed E-state index contributed by atoms with van der Waals surface area (Å²) in [6.07, 6.45) is 3.50. The van der Waals surface area contributed by atoms with E-state index in [-0.39, 0.29) is 11.7 Å². The highest BCUT2D eigenvalue weighted by Gasteiger charge is 2.12. The smallest absolute Gasteiger partial charge is 0.115 e. The van der Waals surface area contributed by atoms with E-state index in [4.69, 9.17) is 5.73 Å². The summed E-state index contributed by atoms with van der Waals surface area (Å²) in [4.78, 5) is 3.98. The van der Waals surface area contributed by atoms with E-state index in [1.807, 2.05) is 24.3 Å². The Morgan fingerprint density at radius 2 is 1.88 bits per heavy atom. The van der Waals surface area contributed by atoms with E-state index in [0.717, 1.165) is 11.1 Å². The maximum Gasteiger partial charge on any atom is 0.115 e. The average molecular weight is 214 g/mol. The van der Waals surface area contributed by atoms with Crippen molar-refractivity contribution in [2.45, 2.75) is 5.92 Å². The van der Waals surface area contributed by atoms with Gasteiger partial charge in [0, 0.05) is 24.9 Å². The first-order valence-corrected chi connectivity index (χ1v) is 5.20. The zero-order chi connectivity index (χ0) is 11.4. The third-order valence-electron chi connectivity index (χ3n) is 2.62. The molecule has 1 heterocycles. The van der Waals surface area contributed by atoms with E-state index in [1.54, 1.807) is 24.5 Å². The second-order valence-electron chi connectivity index (χ2n) is 3.66. The number of aromatic nitrogens is 1. The van der Waals surface area contributed by atoms with Gasteiger partial charge in [-0.3, -0.25) is 4.98 Å². The lowest BCUT2D eigenvalue weighted by atomic mass is 9.92. The molecule has 3 heteroatoms. The molecule has 82 valence electrons. The van der Waals surface area contributed by atoms with Gasteiger partial charge in [-0.1, -0.05) is 12.1 Å². The molecule has 1 atom stereocenters. The van der Waals surface area contributed by atoms with Gasteiger partial charge in [0.2, 0.25) is 0 Å². The Hall–Kier alpha value is -1.87. The van der Waals surface area contributed by atoms with Crippen LogP contribution < -0.4 is 5.73 Å². The lowest BCUT2D eigenvalue weighted by Crippen LogP contribution is -2.13. The van der Waals surface area contributed by atoms with E-state index < -0.39 is 0 Å². The molecule has 1 aromatic carbocycles. The predicted octanol–water partition coefficient (Wildman–Crippen LogP) is 1.88. The van der Waals surface area contributed by atoms with Crippen molar-refractivity contribution in [1.29, 1.82) is 0 Å². The molecule has 0 saturated carbocycles. The van der Waals surface area contributed by atoms with Crippen molar-refractivity contribution >= 4 is 0 Å². The predicted molar refractivity (Wildman–Crippen MR) is 63.2 cm³/mol. The number of phenolic OH excluding ortho intramolecular Hbond substituents is 1. The van der Waals surface area contributed by atoms with Crippen LogP contribution >= 0.6 is 0 Å². The van der Waals surface area contributed by atoms with Crippen LogP contribution in [0.4, 0.5) is 0 Å². The van der Waals surface area contributed by atoms with Crippen molar-refractivity contribution in [2.24, 2.45) is 5.73 Å². The summed E-state index contributed by atoms with van der Waals surface area (Å²) in [5.74, 6) is 0.375. The van der Waals surface area contributed by atoms with E-state index >= 15 is 0 Å². The molecule has 3 N–H and O–H groups in total. The van der Waals surface area contributed by atoms with Crippen molar-refractivity contribution in [1.82, 2.24) is 4.98 Å². The van der Waals surface area contributed by atoms with Gasteiger partial charge in [0.1, 0.15) is 5.75 Å². The molecule has 0 aliphatic rings.